The Balaban J connectivity index is 2.55. The maximum Gasteiger partial charge on any atom is 0.384 e. The van der Waals surface area contributed by atoms with Gasteiger partial charge >= 0.3 is 6.80 Å². The van der Waals surface area contributed by atoms with E-state index in [0.29, 0.717) is 0 Å². The van der Waals surface area contributed by atoms with Crippen molar-refractivity contribution in [2.45, 2.75) is 18.0 Å². The van der Waals surface area contributed by atoms with Gasteiger partial charge in [0.1, 0.15) is 12.2 Å². The van der Waals surface area contributed by atoms with Crippen molar-refractivity contribution in [2.75, 3.05) is 12.4 Å². The molecule has 0 bridgehead atoms. The van der Waals surface area contributed by atoms with Crippen LogP contribution in [0.2, 0.25) is 0 Å². The summed E-state index contributed by atoms with van der Waals surface area (Å²) >= 11 is 0.156. The van der Waals surface area contributed by atoms with E-state index in [-0.39, 0.29) is 18.0 Å². The molecule has 1 heterocycles. The minimum absolute atomic E-state index is 0.156. The van der Waals surface area contributed by atoms with Crippen molar-refractivity contribution in [3.63, 3.8) is 0 Å². The standard InChI is InChI=1S/C5H11O7PS/c6-3-1-12-5(8,4(3)7)2-14-13(9,10)11/h3-4,6-8H,1-2H2,(H2,9,10,11)/t3-,4+,5?/m1/s1. The lowest BCUT2D eigenvalue weighted by Gasteiger charge is -2.25. The summed E-state index contributed by atoms with van der Waals surface area (Å²) in [6.07, 6.45) is -2.79. The molecule has 0 amide bonds. The summed E-state index contributed by atoms with van der Waals surface area (Å²) in [5.74, 6) is -2.60. The molecule has 0 spiro atoms. The van der Waals surface area contributed by atoms with Crippen LogP contribution in [0.25, 0.3) is 0 Å². The maximum absolute atomic E-state index is 10.5. The fraction of sp³-hybridized carbons (Fsp3) is 1.00. The Kier molecular flexibility index (Phi) is 3.61. The molecule has 84 valence electrons. The molecule has 1 rings (SSSR count). The van der Waals surface area contributed by atoms with Gasteiger partial charge in [-0.2, -0.15) is 0 Å². The zero-order valence-corrected chi connectivity index (χ0v) is 8.69. The third kappa shape index (κ3) is 2.91. The second-order valence-electron chi connectivity index (χ2n) is 2.93. The number of hydrogen-bond acceptors (Lipinski definition) is 6. The summed E-state index contributed by atoms with van der Waals surface area (Å²) in [6, 6.07) is 0. The van der Waals surface area contributed by atoms with Crippen LogP contribution in [-0.2, 0) is 9.30 Å². The average Bonchev–Trinajstić information content (AvgIpc) is 2.30. The van der Waals surface area contributed by atoms with E-state index < -0.39 is 30.5 Å². The number of hydrogen-bond donors (Lipinski definition) is 5. The number of aliphatic hydroxyl groups excluding tert-OH is 2. The van der Waals surface area contributed by atoms with Gasteiger partial charge in [-0.15, -0.1) is 0 Å². The van der Waals surface area contributed by atoms with Crippen LogP contribution in [0.1, 0.15) is 0 Å². The molecule has 14 heavy (non-hydrogen) atoms. The quantitative estimate of drug-likeness (QED) is 0.371. The fourth-order valence-electron chi connectivity index (χ4n) is 1.01. The Morgan fingerprint density at radius 3 is 2.43 bits per heavy atom. The Morgan fingerprint density at radius 2 is 2.07 bits per heavy atom. The summed E-state index contributed by atoms with van der Waals surface area (Å²) in [7, 11) is 0. The number of aliphatic hydroxyl groups is 3. The molecular weight excluding hydrogens is 235 g/mol. The second-order valence-corrected chi connectivity index (χ2v) is 6.66. The molecule has 9 heteroatoms. The number of ether oxygens (including phenoxy) is 1. The van der Waals surface area contributed by atoms with E-state index in [1.807, 2.05) is 0 Å². The van der Waals surface area contributed by atoms with Gasteiger partial charge in [0, 0.05) is 0 Å². The molecule has 0 radical (unpaired) electrons. The molecule has 1 saturated heterocycles. The van der Waals surface area contributed by atoms with Gasteiger partial charge < -0.3 is 29.8 Å². The Labute approximate surface area is 83.6 Å². The van der Waals surface area contributed by atoms with Crippen LogP contribution in [0.4, 0.5) is 0 Å². The van der Waals surface area contributed by atoms with Crippen LogP contribution in [0.3, 0.4) is 0 Å². The predicted molar refractivity (Wildman–Crippen MR) is 47.4 cm³/mol. The minimum atomic E-state index is -4.32. The summed E-state index contributed by atoms with van der Waals surface area (Å²) in [6.45, 7) is -4.59. The van der Waals surface area contributed by atoms with E-state index in [4.69, 9.17) is 14.9 Å². The third-order valence-electron chi connectivity index (χ3n) is 1.77. The Hall–Kier alpha value is 0.340. The van der Waals surface area contributed by atoms with E-state index in [9.17, 15) is 14.8 Å². The van der Waals surface area contributed by atoms with Crippen LogP contribution in [0, 0.1) is 0 Å². The molecular formula is C5H11O7PS. The lowest BCUT2D eigenvalue weighted by Crippen LogP contribution is -2.45. The van der Waals surface area contributed by atoms with Crippen LogP contribution < -0.4 is 0 Å². The molecule has 0 saturated carbocycles. The minimum Gasteiger partial charge on any atom is -0.388 e. The van der Waals surface area contributed by atoms with Gasteiger partial charge in [-0.05, 0) is 11.4 Å². The highest BCUT2D eigenvalue weighted by Gasteiger charge is 2.48. The smallest absolute Gasteiger partial charge is 0.384 e. The van der Waals surface area contributed by atoms with E-state index in [0.717, 1.165) is 0 Å². The molecule has 1 unspecified atom stereocenters. The molecule has 0 aromatic rings. The zero-order valence-electron chi connectivity index (χ0n) is 6.98. The van der Waals surface area contributed by atoms with E-state index in [1.54, 1.807) is 0 Å². The van der Waals surface area contributed by atoms with Gasteiger partial charge in [-0.3, -0.25) is 0 Å². The Morgan fingerprint density at radius 1 is 1.50 bits per heavy atom. The van der Waals surface area contributed by atoms with Gasteiger partial charge in [0.2, 0.25) is 5.79 Å². The van der Waals surface area contributed by atoms with Crippen LogP contribution >= 0.6 is 18.2 Å². The zero-order chi connectivity index (χ0) is 11.0. The second kappa shape index (κ2) is 4.07. The van der Waals surface area contributed by atoms with Crippen molar-refractivity contribution in [1.29, 1.82) is 0 Å². The predicted octanol–water partition coefficient (Wildman–Crippen LogP) is -1.75. The van der Waals surface area contributed by atoms with Crippen molar-refractivity contribution in [2.24, 2.45) is 0 Å². The topological polar surface area (TPSA) is 127 Å². The monoisotopic (exact) mass is 246 g/mol. The first-order valence-electron chi connectivity index (χ1n) is 3.67. The van der Waals surface area contributed by atoms with Crippen molar-refractivity contribution < 1.29 is 34.4 Å². The molecule has 0 aromatic carbocycles. The van der Waals surface area contributed by atoms with Crippen molar-refractivity contribution >= 4 is 18.2 Å². The molecule has 0 aliphatic carbocycles. The highest BCUT2D eigenvalue weighted by molar-refractivity contribution is 8.54. The molecule has 0 aromatic heterocycles. The van der Waals surface area contributed by atoms with Gasteiger partial charge in [-0.1, -0.05) is 0 Å². The first-order valence-corrected chi connectivity index (χ1v) is 6.87. The third-order valence-corrected chi connectivity index (χ3v) is 4.05. The van der Waals surface area contributed by atoms with Gasteiger partial charge in [-0.25, -0.2) is 4.57 Å². The highest BCUT2D eigenvalue weighted by atomic mass is 32.7. The summed E-state index contributed by atoms with van der Waals surface area (Å²) in [5.41, 5.74) is 0. The molecule has 5 N–H and O–H groups in total. The van der Waals surface area contributed by atoms with E-state index in [1.165, 1.54) is 0 Å². The van der Waals surface area contributed by atoms with Gasteiger partial charge in [0.15, 0.2) is 0 Å². The molecule has 1 aliphatic heterocycles. The largest absolute Gasteiger partial charge is 0.388 e. The molecule has 1 fully saturated rings. The van der Waals surface area contributed by atoms with Crippen molar-refractivity contribution in [1.82, 2.24) is 0 Å². The summed E-state index contributed by atoms with van der Waals surface area (Å²) < 4.78 is 15.1. The molecule has 7 nitrogen and oxygen atoms in total. The fourth-order valence-corrected chi connectivity index (χ4v) is 2.68. The molecule has 3 atom stereocenters. The average molecular weight is 246 g/mol. The summed E-state index contributed by atoms with van der Waals surface area (Å²) in [5, 5.41) is 27.7. The van der Waals surface area contributed by atoms with Crippen LogP contribution in [0.5, 0.6) is 0 Å². The SMILES string of the molecule is O=P(O)(O)SCC1(O)OC[C@@H](O)[C@@H]1O. The highest BCUT2D eigenvalue weighted by Crippen LogP contribution is 2.52. The van der Waals surface area contributed by atoms with Gasteiger partial charge in [0.25, 0.3) is 0 Å². The van der Waals surface area contributed by atoms with Crippen LogP contribution in [-0.4, -0.2) is 55.5 Å². The Bertz CT molecular complexity index is 254. The maximum atomic E-state index is 10.5. The first-order chi connectivity index (χ1) is 6.25. The van der Waals surface area contributed by atoms with Crippen LogP contribution in [0.15, 0.2) is 0 Å². The normalized spacial score (nSPS) is 38.9. The van der Waals surface area contributed by atoms with Gasteiger partial charge in [0.05, 0.1) is 12.4 Å². The lowest BCUT2D eigenvalue weighted by molar-refractivity contribution is -0.197. The summed E-state index contributed by atoms with van der Waals surface area (Å²) in [4.78, 5) is 17.0. The van der Waals surface area contributed by atoms with E-state index >= 15 is 0 Å². The lowest BCUT2D eigenvalue weighted by atomic mass is 10.1. The first kappa shape index (κ1) is 12.4. The van der Waals surface area contributed by atoms with Crippen molar-refractivity contribution in [3.8, 4) is 0 Å². The number of rotatable bonds is 3. The van der Waals surface area contributed by atoms with E-state index in [2.05, 4.69) is 4.74 Å². The molecule has 1 aliphatic rings. The van der Waals surface area contributed by atoms with Crippen molar-refractivity contribution in [3.05, 3.63) is 0 Å².